The van der Waals surface area contributed by atoms with Crippen LogP contribution in [-0.2, 0) is 25.2 Å². The first-order chi connectivity index (χ1) is 26.9. The van der Waals surface area contributed by atoms with Gasteiger partial charge in [-0.05, 0) is 99.9 Å². The standard InChI is InChI=1S/C24H29BrN2O2.C24H27BrN2O/c1-17(18-9-11-20(25)12-10-18)27-14-13-24(15-21(27)28,16-23(2,3)22(26)29)19-7-5-4-6-8-19;1-18(19-9-11-21(25)12-10-19)27-14-13-24(15-22(27)28,16-23(2,3)17-26)20-7-5-4-6-8-20/h4-12,17H,13-16H2,1-3H3,(H2,26,29);4-12,18H,13-16H2,1-3H3/t17-,24-;18-,24-/m00/s1. The number of halogens is 2. The molecular weight excluding hydrogens is 840 g/mol. The largest absolute Gasteiger partial charge is 0.369 e. The number of nitrogens with zero attached hydrogens (tertiary/aromatic N) is 3. The Morgan fingerprint density at radius 3 is 1.39 bits per heavy atom. The van der Waals surface area contributed by atoms with Crippen LogP contribution in [0.25, 0.3) is 0 Å². The first-order valence-corrected chi connectivity index (χ1v) is 21.4. The van der Waals surface area contributed by atoms with Gasteiger partial charge in [-0.15, -0.1) is 0 Å². The molecule has 2 N–H and O–H groups in total. The third-order valence-corrected chi connectivity index (χ3v) is 13.3. The molecule has 2 aliphatic rings. The molecule has 0 radical (unpaired) electrons. The van der Waals surface area contributed by atoms with Crippen LogP contribution in [0.2, 0.25) is 0 Å². The fourth-order valence-electron chi connectivity index (χ4n) is 8.94. The molecule has 0 unspecified atom stereocenters. The van der Waals surface area contributed by atoms with Crippen molar-refractivity contribution in [3.8, 4) is 6.07 Å². The lowest BCUT2D eigenvalue weighted by molar-refractivity contribution is -0.140. The van der Waals surface area contributed by atoms with E-state index in [-0.39, 0.29) is 40.6 Å². The summed E-state index contributed by atoms with van der Waals surface area (Å²) in [6, 6.07) is 39.1. The van der Waals surface area contributed by atoms with Crippen LogP contribution in [0.15, 0.2) is 118 Å². The van der Waals surface area contributed by atoms with Crippen molar-refractivity contribution in [3.05, 3.63) is 140 Å². The first kappa shape index (κ1) is 43.9. The van der Waals surface area contributed by atoms with E-state index in [9.17, 15) is 19.6 Å². The van der Waals surface area contributed by atoms with Gasteiger partial charge in [-0.25, -0.2) is 0 Å². The number of nitrogens with two attached hydrogens (primary N) is 1. The number of carbonyl (C=O) groups excluding carboxylic acids is 3. The van der Waals surface area contributed by atoms with E-state index in [1.54, 1.807) is 0 Å². The molecule has 57 heavy (non-hydrogen) atoms. The average molecular weight is 897 g/mol. The van der Waals surface area contributed by atoms with Crippen LogP contribution in [0.5, 0.6) is 0 Å². The molecule has 4 aromatic carbocycles. The van der Waals surface area contributed by atoms with E-state index in [1.807, 2.05) is 98.2 Å². The minimum Gasteiger partial charge on any atom is -0.369 e. The number of hydrogen-bond acceptors (Lipinski definition) is 4. The van der Waals surface area contributed by atoms with Crippen molar-refractivity contribution in [1.29, 1.82) is 5.26 Å². The zero-order valence-corrected chi connectivity index (χ0v) is 37.3. The quantitative estimate of drug-likeness (QED) is 0.162. The zero-order valence-electron chi connectivity index (χ0n) is 34.1. The number of hydrogen-bond donors (Lipinski definition) is 1. The number of nitriles is 1. The summed E-state index contributed by atoms with van der Waals surface area (Å²) in [7, 11) is 0. The van der Waals surface area contributed by atoms with Crippen molar-refractivity contribution in [3.63, 3.8) is 0 Å². The van der Waals surface area contributed by atoms with E-state index in [1.165, 1.54) is 5.56 Å². The minimum absolute atomic E-state index is 0.00789. The van der Waals surface area contributed by atoms with E-state index in [0.29, 0.717) is 38.8 Å². The molecule has 3 amide bonds. The molecule has 2 heterocycles. The maximum absolute atomic E-state index is 13.3. The van der Waals surface area contributed by atoms with E-state index in [2.05, 4.69) is 100 Å². The van der Waals surface area contributed by atoms with Crippen LogP contribution < -0.4 is 5.73 Å². The van der Waals surface area contributed by atoms with E-state index < -0.39 is 10.8 Å². The summed E-state index contributed by atoms with van der Waals surface area (Å²) in [4.78, 5) is 42.6. The molecule has 300 valence electrons. The highest BCUT2D eigenvalue weighted by atomic mass is 79.9. The molecule has 0 saturated carbocycles. The molecule has 2 aliphatic heterocycles. The number of rotatable bonds is 11. The molecule has 0 bridgehead atoms. The Kier molecular flexibility index (Phi) is 13.9. The van der Waals surface area contributed by atoms with Crippen molar-refractivity contribution >= 4 is 49.6 Å². The molecule has 6 rings (SSSR count). The summed E-state index contributed by atoms with van der Waals surface area (Å²) in [5.41, 5.74) is 8.39. The summed E-state index contributed by atoms with van der Waals surface area (Å²) in [6.07, 6.45) is 3.75. The van der Waals surface area contributed by atoms with E-state index >= 15 is 0 Å². The zero-order chi connectivity index (χ0) is 41.6. The Bertz CT molecular complexity index is 2050. The predicted molar refractivity (Wildman–Crippen MR) is 235 cm³/mol. The van der Waals surface area contributed by atoms with E-state index in [4.69, 9.17) is 5.73 Å². The van der Waals surface area contributed by atoms with Crippen molar-refractivity contribution in [2.75, 3.05) is 13.1 Å². The molecule has 0 aromatic heterocycles. The van der Waals surface area contributed by atoms with E-state index in [0.717, 1.165) is 38.5 Å². The second-order valence-corrected chi connectivity index (χ2v) is 19.2. The molecule has 7 nitrogen and oxygen atoms in total. The topological polar surface area (TPSA) is 108 Å². The third-order valence-electron chi connectivity index (χ3n) is 12.2. The molecule has 0 spiro atoms. The molecule has 4 atom stereocenters. The fourth-order valence-corrected chi connectivity index (χ4v) is 9.47. The monoisotopic (exact) mass is 894 g/mol. The minimum atomic E-state index is -0.685. The van der Waals surface area contributed by atoms with Gasteiger partial charge in [0.2, 0.25) is 17.7 Å². The Balaban J connectivity index is 0.000000218. The number of likely N-dealkylation sites (tertiary alicyclic amines) is 2. The smallest absolute Gasteiger partial charge is 0.223 e. The lowest BCUT2D eigenvalue weighted by Gasteiger charge is -2.46. The number of amides is 3. The van der Waals surface area contributed by atoms with Gasteiger partial charge in [-0.1, -0.05) is 131 Å². The molecule has 9 heteroatoms. The van der Waals surface area contributed by atoms with Gasteiger partial charge in [0.1, 0.15) is 0 Å². The van der Waals surface area contributed by atoms with Crippen LogP contribution in [-0.4, -0.2) is 40.6 Å². The highest BCUT2D eigenvalue weighted by Gasteiger charge is 2.47. The van der Waals surface area contributed by atoms with Crippen molar-refractivity contribution in [2.24, 2.45) is 16.6 Å². The van der Waals surface area contributed by atoms with Crippen molar-refractivity contribution < 1.29 is 14.4 Å². The Labute approximate surface area is 356 Å². The van der Waals surface area contributed by atoms with Gasteiger partial charge in [0.05, 0.1) is 23.6 Å². The van der Waals surface area contributed by atoms with Gasteiger partial charge in [-0.2, -0.15) is 5.26 Å². The molecule has 2 fully saturated rings. The lowest BCUT2D eigenvalue weighted by Crippen LogP contribution is -2.50. The summed E-state index contributed by atoms with van der Waals surface area (Å²) in [5, 5.41) is 9.61. The Hall–Kier alpha value is -4.26. The van der Waals surface area contributed by atoms with Gasteiger partial charge >= 0.3 is 0 Å². The third kappa shape index (κ3) is 10.4. The van der Waals surface area contributed by atoms with Gasteiger partial charge < -0.3 is 15.5 Å². The molecule has 0 aliphatic carbocycles. The van der Waals surface area contributed by atoms with Crippen molar-refractivity contribution in [2.45, 2.75) is 103 Å². The average Bonchev–Trinajstić information content (AvgIpc) is 3.19. The highest BCUT2D eigenvalue weighted by molar-refractivity contribution is 9.10. The first-order valence-electron chi connectivity index (χ1n) is 19.8. The summed E-state index contributed by atoms with van der Waals surface area (Å²) >= 11 is 6.94. The van der Waals surface area contributed by atoms with Crippen LogP contribution in [0.3, 0.4) is 0 Å². The number of piperidine rings is 2. The van der Waals surface area contributed by atoms with Gasteiger partial charge in [0.15, 0.2) is 0 Å². The normalized spacial score (nSPS) is 21.2. The maximum Gasteiger partial charge on any atom is 0.223 e. The summed E-state index contributed by atoms with van der Waals surface area (Å²) < 4.78 is 2.06. The number of carbonyl (C=O) groups is 3. The lowest BCUT2D eigenvalue weighted by atomic mass is 9.63. The predicted octanol–water partition coefficient (Wildman–Crippen LogP) is 11.0. The van der Waals surface area contributed by atoms with Gasteiger partial charge in [0, 0.05) is 51.1 Å². The number of benzene rings is 4. The summed E-state index contributed by atoms with van der Waals surface area (Å²) in [6.45, 7) is 13.2. The van der Waals surface area contributed by atoms with Crippen molar-refractivity contribution in [1.82, 2.24) is 9.80 Å². The van der Waals surface area contributed by atoms with Crippen LogP contribution >= 0.6 is 31.9 Å². The summed E-state index contributed by atoms with van der Waals surface area (Å²) in [5.74, 6) is -0.0408. The highest BCUT2D eigenvalue weighted by Crippen LogP contribution is 2.47. The maximum atomic E-state index is 13.3. The van der Waals surface area contributed by atoms with Crippen LogP contribution in [0, 0.1) is 22.2 Å². The molecule has 4 aromatic rings. The molecular formula is C48H56Br2N4O3. The Morgan fingerprint density at radius 1 is 0.684 bits per heavy atom. The van der Waals surface area contributed by atoms with Gasteiger partial charge in [-0.3, -0.25) is 14.4 Å². The fraction of sp³-hybridized carbons (Fsp3) is 0.417. The SMILES string of the molecule is C[C@@H](c1ccc(Br)cc1)N1CC[C@](CC(C)(C)C#N)(c2ccccc2)CC1=O.C[C@@H](c1ccc(Br)cc1)N1CC[C@](CC(C)(C)C(N)=O)(c2ccccc2)CC1=O. The Morgan fingerprint density at radius 2 is 1.05 bits per heavy atom. The van der Waals surface area contributed by atoms with Crippen LogP contribution in [0.4, 0.5) is 0 Å². The number of primary amides is 1. The van der Waals surface area contributed by atoms with Crippen LogP contribution in [0.1, 0.15) is 114 Å². The second kappa shape index (κ2) is 18.1. The molecule has 2 saturated heterocycles. The van der Waals surface area contributed by atoms with Gasteiger partial charge in [0.25, 0.3) is 0 Å². The second-order valence-electron chi connectivity index (χ2n) is 17.4.